The minimum Gasteiger partial charge on any atom is -0.352 e. The van der Waals surface area contributed by atoms with E-state index in [1.165, 1.54) is 0 Å². The molecule has 1 aromatic rings. The van der Waals surface area contributed by atoms with Crippen molar-refractivity contribution in [1.29, 1.82) is 0 Å². The summed E-state index contributed by atoms with van der Waals surface area (Å²) < 4.78 is 0.877. The van der Waals surface area contributed by atoms with Crippen LogP contribution < -0.4 is 10.6 Å². The summed E-state index contributed by atoms with van der Waals surface area (Å²) in [5.41, 5.74) is 1.59. The molecule has 0 fully saturated rings. The molecule has 0 bridgehead atoms. The average molecular weight is 313 g/mol. The monoisotopic (exact) mass is 312 g/mol. The molecule has 0 atom stereocenters. The summed E-state index contributed by atoms with van der Waals surface area (Å²) >= 11 is 3.37. The van der Waals surface area contributed by atoms with Crippen molar-refractivity contribution in [2.45, 2.75) is 26.8 Å². The maximum absolute atomic E-state index is 11.8. The number of benzene rings is 1. The van der Waals surface area contributed by atoms with Crippen molar-refractivity contribution in [3.8, 4) is 0 Å². The van der Waals surface area contributed by atoms with Crippen LogP contribution in [0.4, 0.5) is 0 Å². The van der Waals surface area contributed by atoms with Gasteiger partial charge < -0.3 is 10.6 Å². The van der Waals surface area contributed by atoms with E-state index in [4.69, 9.17) is 0 Å². The van der Waals surface area contributed by atoms with E-state index in [9.17, 15) is 9.59 Å². The van der Waals surface area contributed by atoms with Gasteiger partial charge >= 0.3 is 0 Å². The van der Waals surface area contributed by atoms with Gasteiger partial charge in [-0.3, -0.25) is 9.59 Å². The molecule has 0 heterocycles. The zero-order valence-electron chi connectivity index (χ0n) is 10.7. The number of hydrogen-bond donors (Lipinski definition) is 2. The van der Waals surface area contributed by atoms with Gasteiger partial charge in [-0.05, 0) is 38.5 Å². The summed E-state index contributed by atoms with van der Waals surface area (Å²) in [4.78, 5) is 23.2. The lowest BCUT2D eigenvalue weighted by molar-refractivity contribution is -0.120. The van der Waals surface area contributed by atoms with Crippen LogP contribution in [0.5, 0.6) is 0 Å². The van der Waals surface area contributed by atoms with Crippen molar-refractivity contribution >= 4 is 27.7 Å². The van der Waals surface area contributed by atoms with Crippen molar-refractivity contribution in [2.75, 3.05) is 6.54 Å². The van der Waals surface area contributed by atoms with Crippen LogP contribution in [-0.4, -0.2) is 24.4 Å². The Balaban J connectivity index is 2.55. The fourth-order valence-electron chi connectivity index (χ4n) is 1.37. The first-order valence-corrected chi connectivity index (χ1v) is 6.53. The van der Waals surface area contributed by atoms with Crippen LogP contribution in [-0.2, 0) is 4.79 Å². The number of halogens is 1. The minimum atomic E-state index is -0.255. The first kappa shape index (κ1) is 14.7. The standard InChI is InChI=1S/C13H17BrN2O2/c1-8(2)16-12(17)7-15-13(18)10-5-4-9(3)11(14)6-10/h4-6,8H,7H2,1-3H3,(H,15,18)(H,16,17). The topological polar surface area (TPSA) is 58.2 Å². The van der Waals surface area contributed by atoms with Crippen LogP contribution in [0.1, 0.15) is 29.8 Å². The largest absolute Gasteiger partial charge is 0.352 e. The van der Waals surface area contributed by atoms with Gasteiger partial charge in [0.15, 0.2) is 0 Å². The molecule has 5 heteroatoms. The van der Waals surface area contributed by atoms with Gasteiger partial charge in [-0.15, -0.1) is 0 Å². The predicted octanol–water partition coefficient (Wildman–Crippen LogP) is 2.01. The highest BCUT2D eigenvalue weighted by Crippen LogP contribution is 2.17. The van der Waals surface area contributed by atoms with Gasteiger partial charge in [0.2, 0.25) is 5.91 Å². The second-order valence-electron chi connectivity index (χ2n) is 4.37. The number of nitrogens with one attached hydrogen (secondary N) is 2. The average Bonchev–Trinajstić information content (AvgIpc) is 2.28. The highest BCUT2D eigenvalue weighted by Gasteiger charge is 2.09. The summed E-state index contributed by atoms with van der Waals surface area (Å²) in [6.45, 7) is 5.68. The van der Waals surface area contributed by atoms with Crippen molar-refractivity contribution in [3.63, 3.8) is 0 Å². The number of carbonyl (C=O) groups is 2. The molecule has 0 saturated carbocycles. The Hall–Kier alpha value is -1.36. The van der Waals surface area contributed by atoms with Crippen LogP contribution in [0.2, 0.25) is 0 Å². The normalized spacial score (nSPS) is 10.3. The van der Waals surface area contributed by atoms with Crippen molar-refractivity contribution in [2.24, 2.45) is 0 Å². The molecular formula is C13H17BrN2O2. The lowest BCUT2D eigenvalue weighted by Gasteiger charge is -2.09. The van der Waals surface area contributed by atoms with E-state index in [0.29, 0.717) is 5.56 Å². The molecule has 98 valence electrons. The smallest absolute Gasteiger partial charge is 0.251 e. The third kappa shape index (κ3) is 4.49. The van der Waals surface area contributed by atoms with E-state index < -0.39 is 0 Å². The Labute approximate surface area is 115 Å². The van der Waals surface area contributed by atoms with Gasteiger partial charge in [-0.1, -0.05) is 22.0 Å². The van der Waals surface area contributed by atoms with E-state index in [1.54, 1.807) is 12.1 Å². The molecule has 0 aromatic heterocycles. The Morgan fingerprint density at radius 2 is 2.00 bits per heavy atom. The minimum absolute atomic E-state index is 0.0114. The van der Waals surface area contributed by atoms with Gasteiger partial charge in [-0.25, -0.2) is 0 Å². The molecule has 1 rings (SSSR count). The van der Waals surface area contributed by atoms with Crippen molar-refractivity contribution < 1.29 is 9.59 Å². The molecule has 0 radical (unpaired) electrons. The Bertz CT molecular complexity index is 458. The number of aryl methyl sites for hydroxylation is 1. The first-order valence-electron chi connectivity index (χ1n) is 5.74. The highest BCUT2D eigenvalue weighted by molar-refractivity contribution is 9.10. The fraction of sp³-hybridized carbons (Fsp3) is 0.385. The van der Waals surface area contributed by atoms with Crippen molar-refractivity contribution in [3.05, 3.63) is 33.8 Å². The molecule has 2 N–H and O–H groups in total. The molecule has 0 unspecified atom stereocenters. The molecule has 0 aliphatic heterocycles. The second-order valence-corrected chi connectivity index (χ2v) is 5.22. The maximum Gasteiger partial charge on any atom is 0.251 e. The summed E-state index contributed by atoms with van der Waals surface area (Å²) in [7, 11) is 0. The molecule has 2 amide bonds. The van der Waals surface area contributed by atoms with Crippen LogP contribution in [0.25, 0.3) is 0 Å². The van der Waals surface area contributed by atoms with E-state index in [-0.39, 0.29) is 24.4 Å². The lowest BCUT2D eigenvalue weighted by Crippen LogP contribution is -2.39. The first-order chi connectivity index (χ1) is 8.40. The van der Waals surface area contributed by atoms with Gasteiger partial charge in [0, 0.05) is 16.1 Å². The summed E-state index contributed by atoms with van der Waals surface area (Å²) in [5, 5.41) is 5.29. The third-order valence-corrected chi connectivity index (χ3v) is 3.15. The lowest BCUT2D eigenvalue weighted by atomic mass is 10.1. The van der Waals surface area contributed by atoms with Crippen molar-refractivity contribution in [1.82, 2.24) is 10.6 Å². The summed E-state index contributed by atoms with van der Waals surface area (Å²) in [5.74, 6) is -0.445. The third-order valence-electron chi connectivity index (χ3n) is 2.29. The highest BCUT2D eigenvalue weighted by atomic mass is 79.9. The molecular weight excluding hydrogens is 296 g/mol. The summed E-state index contributed by atoms with van der Waals surface area (Å²) in [6, 6.07) is 5.40. The summed E-state index contributed by atoms with van der Waals surface area (Å²) in [6.07, 6.45) is 0. The van der Waals surface area contributed by atoms with Gasteiger partial charge in [0.05, 0.1) is 6.54 Å². The molecule has 1 aromatic carbocycles. The maximum atomic E-state index is 11.8. The molecule has 0 aliphatic rings. The van der Waals surface area contributed by atoms with Crippen LogP contribution >= 0.6 is 15.9 Å². The van der Waals surface area contributed by atoms with Gasteiger partial charge in [0.25, 0.3) is 5.91 Å². The van der Waals surface area contributed by atoms with E-state index >= 15 is 0 Å². The van der Waals surface area contributed by atoms with E-state index in [2.05, 4.69) is 26.6 Å². The fourth-order valence-corrected chi connectivity index (χ4v) is 1.75. The molecule has 0 saturated heterocycles. The van der Waals surface area contributed by atoms with Gasteiger partial charge in [-0.2, -0.15) is 0 Å². The Morgan fingerprint density at radius 1 is 1.33 bits per heavy atom. The van der Waals surface area contributed by atoms with Crippen LogP contribution in [0.15, 0.2) is 22.7 Å². The molecule has 4 nitrogen and oxygen atoms in total. The SMILES string of the molecule is Cc1ccc(C(=O)NCC(=O)NC(C)C)cc1Br. The number of carbonyl (C=O) groups excluding carboxylic acids is 2. The number of rotatable bonds is 4. The Morgan fingerprint density at radius 3 is 2.56 bits per heavy atom. The Kier molecular flexibility index (Phi) is 5.34. The number of hydrogen-bond acceptors (Lipinski definition) is 2. The molecule has 18 heavy (non-hydrogen) atoms. The quantitative estimate of drug-likeness (QED) is 0.893. The zero-order valence-corrected chi connectivity index (χ0v) is 12.3. The molecule has 0 aliphatic carbocycles. The van der Waals surface area contributed by atoms with Gasteiger partial charge in [0.1, 0.15) is 0 Å². The number of amides is 2. The van der Waals surface area contributed by atoms with Crippen LogP contribution in [0.3, 0.4) is 0 Å². The predicted molar refractivity (Wildman–Crippen MR) is 74.5 cm³/mol. The van der Waals surface area contributed by atoms with E-state index in [0.717, 1.165) is 10.0 Å². The molecule has 0 spiro atoms. The zero-order chi connectivity index (χ0) is 13.7. The second kappa shape index (κ2) is 6.54. The van der Waals surface area contributed by atoms with Crippen LogP contribution in [0, 0.1) is 6.92 Å². The van der Waals surface area contributed by atoms with E-state index in [1.807, 2.05) is 26.8 Å².